The lowest BCUT2D eigenvalue weighted by atomic mass is 10.1. The number of benzene rings is 15. The predicted molar refractivity (Wildman–Crippen MR) is 513 cm³/mol. The highest BCUT2D eigenvalue weighted by molar-refractivity contribution is 7.98. The first-order chi connectivity index (χ1) is 61.1. The van der Waals surface area contributed by atoms with E-state index in [1.54, 1.807) is 14.2 Å². The molecule has 0 fully saturated rings. The van der Waals surface area contributed by atoms with Gasteiger partial charge in [0.25, 0.3) is 0 Å². The van der Waals surface area contributed by atoms with Crippen molar-refractivity contribution in [1.82, 2.24) is 0 Å². The summed E-state index contributed by atoms with van der Waals surface area (Å²) in [6.07, 6.45) is -5.16. The molecule has 0 unspecified atom stereocenters. The van der Waals surface area contributed by atoms with Crippen LogP contribution in [0.4, 0.5) is 13.2 Å². The highest BCUT2D eigenvalue weighted by atomic mass is 32.2. The van der Waals surface area contributed by atoms with Gasteiger partial charge < -0.3 is 28.4 Å². The molecule has 0 aliphatic carbocycles. The summed E-state index contributed by atoms with van der Waals surface area (Å²) in [6.45, 7) is 19.7. The van der Waals surface area contributed by atoms with Gasteiger partial charge in [-0.3, -0.25) is 4.79 Å². The van der Waals surface area contributed by atoms with Crippen molar-refractivity contribution in [3.05, 3.63) is 421 Å². The fraction of sp³-hybridized carbons (Fsp3) is 0.164. The number of ether oxygens (including phenoxy) is 6. The van der Waals surface area contributed by atoms with E-state index in [2.05, 4.69) is 336 Å². The summed E-state index contributed by atoms with van der Waals surface area (Å²) in [5.41, 5.74) is 8.45. The second kappa shape index (κ2) is 47.9. The van der Waals surface area contributed by atoms with Gasteiger partial charge in [0.05, 0.1) is 81.7 Å². The van der Waals surface area contributed by atoms with Crippen LogP contribution in [0.15, 0.2) is 450 Å². The van der Waals surface area contributed by atoms with E-state index in [9.17, 15) is 22.8 Å². The Balaban J connectivity index is 0.000000154. The molecule has 0 bridgehead atoms. The molecule has 16 heteroatoms. The van der Waals surface area contributed by atoms with E-state index in [4.69, 9.17) is 23.7 Å². The van der Waals surface area contributed by atoms with Gasteiger partial charge in [-0.15, -0.1) is 0 Å². The van der Waals surface area contributed by atoms with Gasteiger partial charge in [0.2, 0.25) is 0 Å². The van der Waals surface area contributed by atoms with Crippen molar-refractivity contribution in [3.63, 3.8) is 0 Å². The van der Waals surface area contributed by atoms with E-state index in [-0.39, 0.29) is 60.4 Å². The normalized spacial score (nSPS) is 10.9. The minimum absolute atomic E-state index is 0.0804. The zero-order valence-corrected chi connectivity index (χ0v) is 77.4. The molecule has 15 aromatic rings. The van der Waals surface area contributed by atoms with Crippen molar-refractivity contribution in [2.24, 2.45) is 0 Å². The topological polar surface area (TPSA) is 89.5 Å². The number of esters is 2. The van der Waals surface area contributed by atoms with Gasteiger partial charge in [0.1, 0.15) is 35.4 Å². The lowest BCUT2D eigenvalue weighted by Gasteiger charge is -2.14. The molecule has 0 N–H and O–H groups in total. The summed E-state index contributed by atoms with van der Waals surface area (Å²) in [5, 5.41) is 0. The average Bonchev–Trinajstić information content (AvgIpc) is 0.810. The van der Waals surface area contributed by atoms with E-state index in [0.717, 1.165) is 44.4 Å². The summed E-state index contributed by atoms with van der Waals surface area (Å²) in [4.78, 5) is 42.7. The van der Waals surface area contributed by atoms with Crippen LogP contribution in [0, 0.1) is 55.4 Å². The van der Waals surface area contributed by atoms with Crippen molar-refractivity contribution in [2.45, 2.75) is 162 Å². The number of methoxy groups -OCH3 is 2. The van der Waals surface area contributed by atoms with E-state index >= 15 is 0 Å². The molecule has 0 saturated heterocycles. The number of alkyl halides is 3. The molecule has 15 aromatic carbocycles. The van der Waals surface area contributed by atoms with Crippen LogP contribution in [0.1, 0.15) is 71.2 Å². The maximum atomic E-state index is 12.2. The molecule has 0 heterocycles. The maximum Gasteiger partial charge on any atom is 0.392 e. The molecular formula is C110H108F3O8S5+5. The van der Waals surface area contributed by atoms with E-state index in [0.29, 0.717) is 24.5 Å². The quantitative estimate of drug-likeness (QED) is 0.0301. The van der Waals surface area contributed by atoms with Crippen LogP contribution in [0.5, 0.6) is 28.7 Å². The second-order valence-electron chi connectivity index (χ2n) is 29.2. The number of hydrogen-bond acceptors (Lipinski definition) is 8. The molecule has 642 valence electrons. The smallest absolute Gasteiger partial charge is 0.392 e. The summed E-state index contributed by atoms with van der Waals surface area (Å²) < 4.78 is 68.9. The number of halogens is 3. The highest BCUT2D eigenvalue weighted by Crippen LogP contribution is 2.42. The van der Waals surface area contributed by atoms with Crippen molar-refractivity contribution in [3.8, 4) is 28.7 Å². The molecular weight excluding hydrogens is 1670 g/mol. The summed E-state index contributed by atoms with van der Waals surface area (Å²) in [6, 6.07) is 132. The van der Waals surface area contributed by atoms with Crippen LogP contribution in [-0.4, -0.2) is 52.2 Å². The van der Waals surface area contributed by atoms with Crippen molar-refractivity contribution in [1.29, 1.82) is 0 Å². The van der Waals surface area contributed by atoms with Gasteiger partial charge in [-0.05, 0) is 252 Å². The van der Waals surface area contributed by atoms with Crippen LogP contribution in [0.25, 0.3) is 0 Å². The monoisotopic (exact) mass is 1770 g/mol. The molecule has 8 nitrogen and oxygen atoms in total. The van der Waals surface area contributed by atoms with Gasteiger partial charge in [-0.2, -0.15) is 13.2 Å². The van der Waals surface area contributed by atoms with Crippen LogP contribution < -0.4 is 23.7 Å². The Morgan fingerprint density at radius 2 is 0.492 bits per heavy atom. The first kappa shape index (κ1) is 94.7. The summed E-state index contributed by atoms with van der Waals surface area (Å²) in [5.74, 6) is 3.09. The molecule has 15 rings (SSSR count). The highest BCUT2D eigenvalue weighted by Gasteiger charge is 2.36. The van der Waals surface area contributed by atoms with E-state index in [1.165, 1.54) is 90.8 Å². The minimum Gasteiger partial charge on any atom is -0.497 e. The third kappa shape index (κ3) is 26.8. The molecule has 0 saturated carbocycles. The predicted octanol–water partition coefficient (Wildman–Crippen LogP) is 28.0. The third-order valence-electron chi connectivity index (χ3n) is 19.7. The lowest BCUT2D eigenvalue weighted by molar-refractivity contribution is -0.160. The Morgan fingerprint density at radius 1 is 0.270 bits per heavy atom. The summed E-state index contributed by atoms with van der Waals surface area (Å²) >= 11 is 0. The Morgan fingerprint density at radius 3 is 0.714 bits per heavy atom. The van der Waals surface area contributed by atoms with Gasteiger partial charge in [0, 0.05) is 55.0 Å². The van der Waals surface area contributed by atoms with Crippen LogP contribution in [-0.2, 0) is 68.8 Å². The fourth-order valence-electron chi connectivity index (χ4n) is 14.2. The molecule has 0 radical (unpaired) electrons. The molecule has 0 aromatic heterocycles. The zero-order chi connectivity index (χ0) is 89.3. The molecule has 0 atom stereocenters. The number of carbonyl (C=O) groups is 2. The van der Waals surface area contributed by atoms with Crippen molar-refractivity contribution in [2.75, 3.05) is 34.0 Å². The van der Waals surface area contributed by atoms with Crippen LogP contribution in [0.3, 0.4) is 0 Å². The standard InChI is InChI=1S/C25H24F3O3S.C23H23O2S.C22H23OS.C21H21OS.C19H17OS/c1-18-15-22(32(20-9-5-3-6-10-20)21-11-7-4-8-12-21)16-19(2)24(18)31-17-23(29)30-14-13-25(26,27)28;1-4-22(24)25-23-17(2)15-21(16-18(23)3)26(19-11-7-5-8-12-19)20-13-9-6-10-14-20;1-4-23-22-17(2)15-21(16-18(22)3)24(19-11-7-5-8-12-19)20-13-9-6-10-14-20;1-16-14-20(15-17(2)21(16)22-3)23(18-10-6-4-7-11-18)19-12-8-5-9-13-19;1-20-16-12-14-19(15-13-16)21(17-8-4-2-5-9-17)18-10-6-3-7-11-18/h3-12,15-16H,13-14,17H2,1-2H3;5-16H,4H2,1-3H3;5-16H,4H2,1-3H3;4-15H,1-3H3;2-15H,1H3/q5*+1. The van der Waals surface area contributed by atoms with Gasteiger partial charge in [-0.25, -0.2) is 4.79 Å². The number of rotatable bonds is 26. The van der Waals surface area contributed by atoms with Gasteiger partial charge >= 0.3 is 18.1 Å². The first-order valence-corrected chi connectivity index (χ1v) is 47.8. The largest absolute Gasteiger partial charge is 0.497 e. The molecule has 0 spiro atoms. The van der Waals surface area contributed by atoms with Gasteiger partial charge in [-0.1, -0.05) is 189 Å². The molecule has 0 amide bonds. The van der Waals surface area contributed by atoms with E-state index in [1.807, 2.05) is 114 Å². The summed E-state index contributed by atoms with van der Waals surface area (Å²) in [7, 11) is 2.63. The van der Waals surface area contributed by atoms with Crippen LogP contribution >= 0.6 is 0 Å². The first-order valence-electron chi connectivity index (χ1n) is 41.7. The van der Waals surface area contributed by atoms with Crippen molar-refractivity contribution < 1.29 is 51.2 Å². The maximum absolute atomic E-state index is 12.2. The Kier molecular flexibility index (Phi) is 36.0. The van der Waals surface area contributed by atoms with Gasteiger partial charge in [0.15, 0.2) is 80.0 Å². The average molecular weight is 1780 g/mol. The molecule has 0 aliphatic rings. The second-order valence-corrected chi connectivity index (χ2v) is 39.4. The van der Waals surface area contributed by atoms with E-state index < -0.39 is 31.8 Å². The zero-order valence-electron chi connectivity index (χ0n) is 73.3. The Hall–Kier alpha value is -12.0. The number of aryl methyl sites for hydroxylation is 8. The molecule has 0 aliphatic heterocycles. The Bertz CT molecular complexity index is 5590. The third-order valence-corrected chi connectivity index (χ3v) is 30.8. The molecule has 126 heavy (non-hydrogen) atoms. The number of carbonyl (C=O) groups excluding carboxylic acids is 2. The lowest BCUT2D eigenvalue weighted by Crippen LogP contribution is -2.19. The minimum atomic E-state index is -4.36. The SMILES string of the molecule is CCC(=O)Oc1c(C)cc([S+](c2ccccc2)c2ccccc2)cc1C.CCOc1c(C)cc([S+](c2ccccc2)c2ccccc2)cc1C.COc1c(C)cc([S+](c2ccccc2)c2ccccc2)cc1C.COc1ccc([S+](c2ccccc2)c2ccccc2)cc1.Cc1cc([S+](c2ccccc2)c2ccccc2)cc(C)c1OCC(=O)OCCC(F)(F)F. The Labute approximate surface area is 757 Å². The number of hydrogen-bond donors (Lipinski definition) is 0. The fourth-order valence-corrected chi connectivity index (χ4v) is 25.3. The van der Waals surface area contributed by atoms with Crippen molar-refractivity contribution >= 4 is 66.4 Å². The van der Waals surface area contributed by atoms with Crippen LogP contribution in [0.2, 0.25) is 0 Å².